The molecule has 0 bridgehead atoms. The van der Waals surface area contributed by atoms with Gasteiger partial charge in [0.2, 0.25) is 5.91 Å². The van der Waals surface area contributed by atoms with Gasteiger partial charge in [-0.3, -0.25) is 4.79 Å². The van der Waals surface area contributed by atoms with Gasteiger partial charge < -0.3 is 5.32 Å². The van der Waals surface area contributed by atoms with Crippen LogP contribution in [0.5, 0.6) is 0 Å². The second kappa shape index (κ2) is 6.75. The van der Waals surface area contributed by atoms with Crippen LogP contribution in [0.2, 0.25) is 0 Å². The quantitative estimate of drug-likeness (QED) is 0.787. The summed E-state index contributed by atoms with van der Waals surface area (Å²) in [7, 11) is 0. The van der Waals surface area contributed by atoms with Crippen molar-refractivity contribution in [3.8, 4) is 0 Å². The molecule has 0 heterocycles. The Labute approximate surface area is 130 Å². The third kappa shape index (κ3) is 3.85. The Kier molecular flexibility index (Phi) is 5.25. The third-order valence-electron chi connectivity index (χ3n) is 4.43. The molecule has 1 atom stereocenters. The molecule has 0 aliphatic heterocycles. The van der Waals surface area contributed by atoms with Gasteiger partial charge >= 0.3 is 0 Å². The van der Waals surface area contributed by atoms with E-state index in [0.717, 1.165) is 30.3 Å². The summed E-state index contributed by atoms with van der Waals surface area (Å²) in [6, 6.07) is 8.18. The largest absolute Gasteiger partial charge is 0.326 e. The summed E-state index contributed by atoms with van der Waals surface area (Å²) in [5, 5.41) is 4.05. The summed E-state index contributed by atoms with van der Waals surface area (Å²) in [6.45, 7) is 4.44. The first-order chi connectivity index (χ1) is 9.53. The van der Waals surface area contributed by atoms with Crippen LogP contribution in [0.1, 0.15) is 45.1 Å². The lowest BCUT2D eigenvalue weighted by Crippen LogP contribution is -2.37. The van der Waals surface area contributed by atoms with Gasteiger partial charge in [0.1, 0.15) is 0 Å². The SMILES string of the molecule is CC1(C)CCCCC1C(=O)Nc1ccc(CCBr)cc1. The molecule has 1 aromatic carbocycles. The Bertz CT molecular complexity index is 453. The number of anilines is 1. The molecule has 110 valence electrons. The standard InChI is InChI=1S/C17H24BrNO/c1-17(2)11-4-3-5-15(17)16(20)19-14-8-6-13(7-9-14)10-12-18/h6-9,15H,3-5,10-12H2,1-2H3,(H,19,20). The highest BCUT2D eigenvalue weighted by Gasteiger charge is 2.36. The van der Waals surface area contributed by atoms with Crippen molar-refractivity contribution < 1.29 is 4.79 Å². The molecule has 0 spiro atoms. The van der Waals surface area contributed by atoms with E-state index in [4.69, 9.17) is 0 Å². The average molecular weight is 338 g/mol. The van der Waals surface area contributed by atoms with Crippen LogP contribution in [0.25, 0.3) is 0 Å². The Morgan fingerprint density at radius 1 is 1.30 bits per heavy atom. The van der Waals surface area contributed by atoms with Crippen molar-refractivity contribution in [1.29, 1.82) is 0 Å². The first kappa shape index (κ1) is 15.6. The maximum atomic E-state index is 12.5. The number of amides is 1. The lowest BCUT2D eigenvalue weighted by Gasteiger charge is -2.37. The lowest BCUT2D eigenvalue weighted by atomic mass is 9.68. The molecule has 0 saturated heterocycles. The number of carbonyl (C=O) groups is 1. The molecule has 2 rings (SSSR count). The van der Waals surface area contributed by atoms with Crippen LogP contribution in [0.15, 0.2) is 24.3 Å². The fourth-order valence-electron chi connectivity index (χ4n) is 3.07. The normalized spacial score (nSPS) is 21.4. The highest BCUT2D eigenvalue weighted by atomic mass is 79.9. The second-order valence-electron chi connectivity index (χ2n) is 6.41. The average Bonchev–Trinajstić information content (AvgIpc) is 2.40. The van der Waals surface area contributed by atoms with E-state index in [1.165, 1.54) is 18.4 Å². The van der Waals surface area contributed by atoms with Crippen LogP contribution >= 0.6 is 15.9 Å². The van der Waals surface area contributed by atoms with Crippen molar-refractivity contribution in [2.45, 2.75) is 46.0 Å². The molecule has 1 saturated carbocycles. The fourth-order valence-corrected chi connectivity index (χ4v) is 3.53. The predicted octanol–water partition coefficient (Wildman–Crippen LogP) is 4.78. The molecule has 1 aromatic rings. The number of aryl methyl sites for hydroxylation is 1. The van der Waals surface area contributed by atoms with E-state index < -0.39 is 0 Å². The lowest BCUT2D eigenvalue weighted by molar-refractivity contribution is -0.124. The van der Waals surface area contributed by atoms with Crippen molar-refractivity contribution in [2.24, 2.45) is 11.3 Å². The number of nitrogens with one attached hydrogen (secondary N) is 1. The summed E-state index contributed by atoms with van der Waals surface area (Å²) in [4.78, 5) is 12.5. The molecule has 3 heteroatoms. The number of hydrogen-bond acceptors (Lipinski definition) is 1. The molecule has 0 aromatic heterocycles. The molecule has 2 nitrogen and oxygen atoms in total. The van der Waals surface area contributed by atoms with Crippen LogP contribution in [0.4, 0.5) is 5.69 Å². The molecule has 1 fully saturated rings. The topological polar surface area (TPSA) is 29.1 Å². The first-order valence-electron chi connectivity index (χ1n) is 7.49. The summed E-state index contributed by atoms with van der Waals surface area (Å²) in [5.74, 6) is 0.321. The molecule has 1 aliphatic carbocycles. The smallest absolute Gasteiger partial charge is 0.228 e. The zero-order valence-corrected chi connectivity index (χ0v) is 14.0. The van der Waals surface area contributed by atoms with Crippen LogP contribution in [-0.2, 0) is 11.2 Å². The van der Waals surface area contributed by atoms with E-state index in [2.05, 4.69) is 47.2 Å². The van der Waals surface area contributed by atoms with Crippen LogP contribution in [0, 0.1) is 11.3 Å². The Hall–Kier alpha value is -0.830. The minimum atomic E-state index is 0.123. The highest BCUT2D eigenvalue weighted by molar-refractivity contribution is 9.09. The third-order valence-corrected chi connectivity index (χ3v) is 4.82. The number of rotatable bonds is 4. The highest BCUT2D eigenvalue weighted by Crippen LogP contribution is 2.41. The minimum Gasteiger partial charge on any atom is -0.326 e. The molecule has 0 radical (unpaired) electrons. The van der Waals surface area contributed by atoms with Gasteiger partial charge in [0.05, 0.1) is 0 Å². The van der Waals surface area contributed by atoms with Crippen LogP contribution in [0.3, 0.4) is 0 Å². The fraction of sp³-hybridized carbons (Fsp3) is 0.588. The molecule has 20 heavy (non-hydrogen) atoms. The van der Waals surface area contributed by atoms with Crippen molar-refractivity contribution in [3.63, 3.8) is 0 Å². The van der Waals surface area contributed by atoms with E-state index in [0.29, 0.717) is 0 Å². The maximum Gasteiger partial charge on any atom is 0.228 e. The monoisotopic (exact) mass is 337 g/mol. The number of halogens is 1. The summed E-state index contributed by atoms with van der Waals surface area (Å²) < 4.78 is 0. The van der Waals surface area contributed by atoms with Gasteiger partial charge in [-0.2, -0.15) is 0 Å². The van der Waals surface area contributed by atoms with Crippen molar-refractivity contribution in [3.05, 3.63) is 29.8 Å². The maximum absolute atomic E-state index is 12.5. The van der Waals surface area contributed by atoms with Crippen LogP contribution < -0.4 is 5.32 Å². The van der Waals surface area contributed by atoms with Crippen molar-refractivity contribution >= 4 is 27.5 Å². The predicted molar refractivity (Wildman–Crippen MR) is 88.3 cm³/mol. The van der Waals surface area contributed by atoms with Gasteiger partial charge in [0.25, 0.3) is 0 Å². The van der Waals surface area contributed by atoms with Crippen LogP contribution in [-0.4, -0.2) is 11.2 Å². The van der Waals surface area contributed by atoms with Gasteiger partial charge in [0, 0.05) is 16.9 Å². The van der Waals surface area contributed by atoms with Crippen molar-refractivity contribution in [1.82, 2.24) is 0 Å². The van der Waals surface area contributed by atoms with Gasteiger partial charge in [-0.15, -0.1) is 0 Å². The minimum absolute atomic E-state index is 0.123. The molecule has 1 amide bonds. The van der Waals surface area contributed by atoms with E-state index >= 15 is 0 Å². The molecular formula is C17H24BrNO. The summed E-state index contributed by atoms with van der Waals surface area (Å²) >= 11 is 3.44. The molecular weight excluding hydrogens is 314 g/mol. The summed E-state index contributed by atoms with van der Waals surface area (Å²) in [6.07, 6.45) is 5.60. The molecule has 1 unspecified atom stereocenters. The zero-order chi connectivity index (χ0) is 14.6. The number of hydrogen-bond donors (Lipinski definition) is 1. The van der Waals surface area contributed by atoms with Gasteiger partial charge in [-0.1, -0.05) is 54.8 Å². The molecule has 1 N–H and O–H groups in total. The van der Waals surface area contributed by atoms with Gasteiger partial charge in [-0.25, -0.2) is 0 Å². The van der Waals surface area contributed by atoms with E-state index in [1.807, 2.05) is 12.1 Å². The Morgan fingerprint density at radius 3 is 2.60 bits per heavy atom. The number of carbonyl (C=O) groups excluding carboxylic acids is 1. The Balaban J connectivity index is 2.00. The zero-order valence-electron chi connectivity index (χ0n) is 12.4. The molecule has 1 aliphatic rings. The number of alkyl halides is 1. The van der Waals surface area contributed by atoms with Gasteiger partial charge in [0.15, 0.2) is 0 Å². The van der Waals surface area contributed by atoms with E-state index in [9.17, 15) is 4.79 Å². The van der Waals surface area contributed by atoms with Crippen molar-refractivity contribution in [2.75, 3.05) is 10.6 Å². The number of benzene rings is 1. The Morgan fingerprint density at radius 2 is 2.00 bits per heavy atom. The second-order valence-corrected chi connectivity index (χ2v) is 7.21. The van der Waals surface area contributed by atoms with E-state index in [1.54, 1.807) is 0 Å². The first-order valence-corrected chi connectivity index (χ1v) is 8.61. The van der Waals surface area contributed by atoms with Gasteiger partial charge in [-0.05, 0) is 42.4 Å². The summed E-state index contributed by atoms with van der Waals surface area (Å²) in [5.41, 5.74) is 2.32. The van der Waals surface area contributed by atoms with E-state index in [-0.39, 0.29) is 17.2 Å².